The maximum absolute atomic E-state index is 13.0. The molecule has 0 amide bonds. The zero-order valence-corrected chi connectivity index (χ0v) is 9.17. The van der Waals surface area contributed by atoms with Crippen LogP contribution >= 0.6 is 0 Å². The molecule has 0 saturated carbocycles. The summed E-state index contributed by atoms with van der Waals surface area (Å²) in [6.45, 7) is 3.55. The first-order chi connectivity index (χ1) is 7.66. The lowest BCUT2D eigenvalue weighted by molar-refractivity contribution is 0.183. The Bertz CT molecular complexity index is 364. The van der Waals surface area contributed by atoms with Crippen LogP contribution in [0.4, 0.5) is 14.5 Å². The van der Waals surface area contributed by atoms with Gasteiger partial charge in [0, 0.05) is 30.3 Å². The lowest BCUT2D eigenvalue weighted by Crippen LogP contribution is -2.26. The summed E-state index contributed by atoms with van der Waals surface area (Å²) in [5.74, 6) is -1.20. The van der Waals surface area contributed by atoms with E-state index < -0.39 is 11.6 Å². The molecule has 0 spiro atoms. The second-order valence-electron chi connectivity index (χ2n) is 4.19. The van der Waals surface area contributed by atoms with E-state index in [4.69, 9.17) is 4.74 Å². The van der Waals surface area contributed by atoms with Gasteiger partial charge in [-0.2, -0.15) is 0 Å². The molecule has 1 N–H and O–H groups in total. The Morgan fingerprint density at radius 1 is 1.38 bits per heavy atom. The Morgan fingerprint density at radius 2 is 2.19 bits per heavy atom. The second kappa shape index (κ2) is 4.78. The topological polar surface area (TPSA) is 21.3 Å². The Kier molecular flexibility index (Phi) is 3.39. The van der Waals surface area contributed by atoms with E-state index in [0.717, 1.165) is 25.7 Å². The van der Waals surface area contributed by atoms with E-state index in [1.54, 1.807) is 6.07 Å². The fraction of sp³-hybridized carbons (Fsp3) is 0.500. The van der Waals surface area contributed by atoms with Gasteiger partial charge in [0.25, 0.3) is 0 Å². The molecule has 0 bridgehead atoms. The molecule has 1 aliphatic heterocycles. The molecule has 16 heavy (non-hydrogen) atoms. The summed E-state index contributed by atoms with van der Waals surface area (Å²) in [4.78, 5) is 0. The molecule has 1 heterocycles. The monoisotopic (exact) mass is 227 g/mol. The predicted molar refractivity (Wildman–Crippen MR) is 58.4 cm³/mol. The normalized spacial score (nSPS) is 22.1. The first kappa shape index (κ1) is 11.3. The highest BCUT2D eigenvalue weighted by molar-refractivity contribution is 5.44. The molecule has 0 aliphatic carbocycles. The number of halogens is 2. The van der Waals surface area contributed by atoms with Crippen molar-refractivity contribution in [3.05, 3.63) is 29.8 Å². The minimum absolute atomic E-state index is 0.201. The van der Waals surface area contributed by atoms with Crippen LogP contribution in [0.3, 0.4) is 0 Å². The Labute approximate surface area is 93.6 Å². The van der Waals surface area contributed by atoms with Gasteiger partial charge in [-0.1, -0.05) is 0 Å². The second-order valence-corrected chi connectivity index (χ2v) is 4.19. The van der Waals surface area contributed by atoms with Crippen molar-refractivity contribution >= 4 is 5.69 Å². The van der Waals surface area contributed by atoms with Crippen LogP contribution < -0.4 is 5.32 Å². The molecule has 1 aliphatic rings. The summed E-state index contributed by atoms with van der Waals surface area (Å²) in [6.07, 6.45) is 1.01. The Balaban J connectivity index is 1.99. The molecule has 88 valence electrons. The summed E-state index contributed by atoms with van der Waals surface area (Å²) in [5.41, 5.74) is 0.610. The van der Waals surface area contributed by atoms with Crippen molar-refractivity contribution in [3.63, 3.8) is 0 Å². The van der Waals surface area contributed by atoms with Gasteiger partial charge in [-0.3, -0.25) is 0 Å². The van der Waals surface area contributed by atoms with Crippen molar-refractivity contribution in [1.29, 1.82) is 0 Å². The fourth-order valence-corrected chi connectivity index (χ4v) is 1.91. The molecule has 1 aromatic carbocycles. The molecule has 1 saturated heterocycles. The molecule has 1 aromatic rings. The molecular weight excluding hydrogens is 212 g/mol. The number of nitrogens with one attached hydrogen (secondary N) is 1. The minimum atomic E-state index is -0.820. The molecule has 4 heteroatoms. The number of hydrogen-bond donors (Lipinski definition) is 1. The quantitative estimate of drug-likeness (QED) is 0.857. The highest BCUT2D eigenvalue weighted by Crippen LogP contribution is 2.21. The third-order valence-corrected chi connectivity index (χ3v) is 2.99. The zero-order valence-electron chi connectivity index (χ0n) is 9.17. The van der Waals surface area contributed by atoms with Crippen LogP contribution in [0.1, 0.15) is 13.3 Å². The summed E-state index contributed by atoms with van der Waals surface area (Å²) in [6, 6.07) is 4.06. The minimum Gasteiger partial charge on any atom is -0.382 e. The van der Waals surface area contributed by atoms with Crippen LogP contribution in [0.2, 0.25) is 0 Å². The molecule has 2 nitrogen and oxygen atoms in total. The highest BCUT2D eigenvalue weighted by atomic mass is 19.2. The van der Waals surface area contributed by atoms with E-state index in [1.807, 2.05) is 6.92 Å². The van der Waals surface area contributed by atoms with Gasteiger partial charge in [0.15, 0.2) is 11.6 Å². The fourth-order valence-electron chi connectivity index (χ4n) is 1.91. The van der Waals surface area contributed by atoms with Crippen LogP contribution in [0, 0.1) is 17.6 Å². The Morgan fingerprint density at radius 3 is 2.81 bits per heavy atom. The van der Waals surface area contributed by atoms with Gasteiger partial charge in [-0.25, -0.2) is 8.78 Å². The van der Waals surface area contributed by atoms with Gasteiger partial charge >= 0.3 is 0 Å². The number of anilines is 1. The van der Waals surface area contributed by atoms with Crippen molar-refractivity contribution in [2.75, 3.05) is 18.5 Å². The number of rotatable bonds is 3. The molecule has 1 fully saturated rings. The van der Waals surface area contributed by atoms with Gasteiger partial charge in [-0.15, -0.1) is 0 Å². The lowest BCUT2D eigenvalue weighted by Gasteiger charge is -2.20. The third kappa shape index (κ3) is 2.50. The lowest BCUT2D eigenvalue weighted by atomic mass is 10.0. The molecular formula is C12H15F2NO. The molecule has 2 rings (SSSR count). The molecule has 0 radical (unpaired) electrons. The van der Waals surface area contributed by atoms with Crippen LogP contribution in [-0.4, -0.2) is 19.3 Å². The van der Waals surface area contributed by atoms with Gasteiger partial charge in [0.2, 0.25) is 0 Å². The SMILES string of the molecule is CC(Nc1ccc(F)c(F)c1)C1CCOC1. The largest absolute Gasteiger partial charge is 0.382 e. The maximum atomic E-state index is 13.0. The van der Waals surface area contributed by atoms with E-state index in [2.05, 4.69) is 5.32 Å². The summed E-state index contributed by atoms with van der Waals surface area (Å²) in [7, 11) is 0. The summed E-state index contributed by atoms with van der Waals surface area (Å²) in [5, 5.41) is 3.17. The summed E-state index contributed by atoms with van der Waals surface area (Å²) >= 11 is 0. The number of ether oxygens (including phenoxy) is 1. The average Bonchev–Trinajstić information content (AvgIpc) is 2.77. The van der Waals surface area contributed by atoms with E-state index in [-0.39, 0.29) is 6.04 Å². The number of hydrogen-bond acceptors (Lipinski definition) is 2. The van der Waals surface area contributed by atoms with Crippen molar-refractivity contribution in [2.24, 2.45) is 5.92 Å². The first-order valence-corrected chi connectivity index (χ1v) is 5.46. The zero-order chi connectivity index (χ0) is 11.5. The first-order valence-electron chi connectivity index (χ1n) is 5.46. The average molecular weight is 227 g/mol. The number of benzene rings is 1. The van der Waals surface area contributed by atoms with Gasteiger partial charge in [0.1, 0.15) is 0 Å². The molecule has 2 atom stereocenters. The standard InChI is InChI=1S/C12H15F2NO/c1-8(9-4-5-16-7-9)15-10-2-3-11(13)12(14)6-10/h2-3,6,8-9,15H,4-5,7H2,1H3. The van der Waals surface area contributed by atoms with Crippen LogP contribution in [0.15, 0.2) is 18.2 Å². The van der Waals surface area contributed by atoms with Gasteiger partial charge in [-0.05, 0) is 25.5 Å². The van der Waals surface area contributed by atoms with Crippen LogP contribution in [0.5, 0.6) is 0 Å². The highest BCUT2D eigenvalue weighted by Gasteiger charge is 2.22. The van der Waals surface area contributed by atoms with E-state index in [1.165, 1.54) is 6.07 Å². The Hall–Kier alpha value is -1.16. The van der Waals surface area contributed by atoms with E-state index in [0.29, 0.717) is 11.6 Å². The molecule has 0 aromatic heterocycles. The van der Waals surface area contributed by atoms with E-state index in [9.17, 15) is 8.78 Å². The van der Waals surface area contributed by atoms with Crippen molar-refractivity contribution in [3.8, 4) is 0 Å². The van der Waals surface area contributed by atoms with Crippen LogP contribution in [0.25, 0.3) is 0 Å². The van der Waals surface area contributed by atoms with E-state index >= 15 is 0 Å². The molecule has 2 unspecified atom stereocenters. The predicted octanol–water partition coefficient (Wildman–Crippen LogP) is 2.80. The van der Waals surface area contributed by atoms with Crippen molar-refractivity contribution in [1.82, 2.24) is 0 Å². The smallest absolute Gasteiger partial charge is 0.160 e. The summed E-state index contributed by atoms with van der Waals surface area (Å²) < 4.78 is 31.0. The van der Waals surface area contributed by atoms with Gasteiger partial charge < -0.3 is 10.1 Å². The van der Waals surface area contributed by atoms with Crippen molar-refractivity contribution < 1.29 is 13.5 Å². The van der Waals surface area contributed by atoms with Crippen molar-refractivity contribution in [2.45, 2.75) is 19.4 Å². The maximum Gasteiger partial charge on any atom is 0.160 e. The third-order valence-electron chi connectivity index (χ3n) is 2.99. The van der Waals surface area contributed by atoms with Crippen LogP contribution in [-0.2, 0) is 4.74 Å². The van der Waals surface area contributed by atoms with Gasteiger partial charge in [0.05, 0.1) is 6.61 Å².